The van der Waals surface area contributed by atoms with Gasteiger partial charge in [-0.05, 0) is 162 Å². The topological polar surface area (TPSA) is 90.3 Å². The molecule has 220 valence electrons. The number of hydrogen-bond acceptors (Lipinski definition) is 6. The summed E-state index contributed by atoms with van der Waals surface area (Å²) >= 11 is 0. The van der Waals surface area contributed by atoms with E-state index in [0.29, 0.717) is 11.5 Å². The van der Waals surface area contributed by atoms with E-state index in [1.54, 1.807) is 0 Å². The zero-order valence-corrected chi connectivity index (χ0v) is 26.6. The van der Waals surface area contributed by atoms with Crippen LogP contribution < -0.4 is 10.6 Å². The van der Waals surface area contributed by atoms with E-state index in [1.807, 2.05) is 116 Å². The first-order valence-electron chi connectivity index (χ1n) is 14.1. The van der Waals surface area contributed by atoms with E-state index in [0.717, 1.165) is 78.7 Å². The Bertz CT molecular complexity index is 1480. The van der Waals surface area contributed by atoms with Crippen molar-refractivity contribution in [1.82, 2.24) is 9.97 Å². The fourth-order valence-corrected chi connectivity index (χ4v) is 4.58. The third-order valence-electron chi connectivity index (χ3n) is 7.23. The molecule has 6 nitrogen and oxygen atoms in total. The van der Waals surface area contributed by atoms with Crippen LogP contribution in [0.4, 0.5) is 11.4 Å². The van der Waals surface area contributed by atoms with Gasteiger partial charge in [-0.2, -0.15) is 0 Å². The molecule has 42 heavy (non-hydrogen) atoms. The smallest absolute Gasteiger partial charge is 0.121 e. The molecule has 0 radical (unpaired) electrons. The van der Waals surface area contributed by atoms with Crippen molar-refractivity contribution in [2.24, 2.45) is 0 Å². The highest BCUT2D eigenvalue weighted by molar-refractivity contribution is 5.70. The third-order valence-corrected chi connectivity index (χ3v) is 7.23. The molecule has 0 saturated carbocycles. The molecule has 2 aromatic carbocycles. The molecule has 4 rings (SSSR count). The zero-order chi connectivity index (χ0) is 31.1. The first-order valence-corrected chi connectivity index (χ1v) is 14.1. The Hall–Kier alpha value is -4.58. The standard InChI is InChI=1S/2C18H22N2O/c2*1-11-8-16(9-12(2)18(11)21)13(3)10-19-17-7-6-14(4)20-15(17)5/h2*6-10,19,21H,1-5H3/b13-10+;13-10-. The van der Waals surface area contributed by atoms with Gasteiger partial charge < -0.3 is 20.8 Å². The molecule has 4 N–H and O–H groups in total. The number of rotatable bonds is 6. The van der Waals surface area contributed by atoms with E-state index >= 15 is 0 Å². The monoisotopic (exact) mass is 564 g/mol. The summed E-state index contributed by atoms with van der Waals surface area (Å²) in [5, 5.41) is 26.3. The van der Waals surface area contributed by atoms with Crippen molar-refractivity contribution in [3.05, 3.63) is 117 Å². The molecular formula is C36H44N4O2. The van der Waals surface area contributed by atoms with Crippen LogP contribution in [0, 0.1) is 55.4 Å². The van der Waals surface area contributed by atoms with Crippen molar-refractivity contribution in [1.29, 1.82) is 0 Å². The minimum Gasteiger partial charge on any atom is -0.507 e. The summed E-state index contributed by atoms with van der Waals surface area (Å²) in [6, 6.07) is 16.0. The number of pyridine rings is 2. The summed E-state index contributed by atoms with van der Waals surface area (Å²) in [6.07, 6.45) is 3.95. The number of nitrogens with one attached hydrogen (secondary N) is 2. The lowest BCUT2D eigenvalue weighted by molar-refractivity contribution is 0.466. The Labute approximate surface area is 250 Å². The van der Waals surface area contributed by atoms with Crippen LogP contribution in [0.3, 0.4) is 0 Å². The lowest BCUT2D eigenvalue weighted by Crippen LogP contribution is -1.96. The molecule has 0 aliphatic carbocycles. The second-order valence-corrected chi connectivity index (χ2v) is 11.0. The van der Waals surface area contributed by atoms with Gasteiger partial charge >= 0.3 is 0 Å². The second-order valence-electron chi connectivity index (χ2n) is 11.0. The maximum Gasteiger partial charge on any atom is 0.121 e. The second kappa shape index (κ2) is 13.9. The minimum atomic E-state index is 0.373. The van der Waals surface area contributed by atoms with E-state index in [4.69, 9.17) is 0 Å². The summed E-state index contributed by atoms with van der Waals surface area (Å²) in [6.45, 7) is 19.7. The summed E-state index contributed by atoms with van der Waals surface area (Å²) in [5.41, 5.74) is 14.0. The molecule has 2 heterocycles. The minimum absolute atomic E-state index is 0.373. The SMILES string of the molecule is C/C(=C/Nc1ccc(C)nc1C)c1cc(C)c(O)c(C)c1.C/C(=C\Nc1ccc(C)nc1C)c1cc(C)c(O)c(C)c1. The van der Waals surface area contributed by atoms with Crippen LogP contribution in [-0.4, -0.2) is 20.2 Å². The molecule has 2 aromatic heterocycles. The molecule has 0 fully saturated rings. The molecule has 0 aliphatic rings. The van der Waals surface area contributed by atoms with Crippen LogP contribution in [0.5, 0.6) is 11.5 Å². The Balaban J connectivity index is 0.000000230. The summed E-state index contributed by atoms with van der Waals surface area (Å²) in [7, 11) is 0. The number of phenolic OH excluding ortho intramolecular Hbond substituents is 2. The molecule has 0 amide bonds. The summed E-state index contributed by atoms with van der Waals surface area (Å²) in [4.78, 5) is 8.88. The van der Waals surface area contributed by atoms with Gasteiger partial charge in [-0.25, -0.2) is 0 Å². The first-order chi connectivity index (χ1) is 19.8. The van der Waals surface area contributed by atoms with Crippen LogP contribution in [0.15, 0.2) is 60.9 Å². The molecule has 6 heteroatoms. The van der Waals surface area contributed by atoms with Gasteiger partial charge in [0.05, 0.1) is 22.8 Å². The number of aromatic nitrogens is 2. The van der Waals surface area contributed by atoms with Crippen molar-refractivity contribution in [2.45, 2.75) is 69.2 Å². The molecule has 0 bridgehead atoms. The highest BCUT2D eigenvalue weighted by atomic mass is 16.3. The van der Waals surface area contributed by atoms with Gasteiger partial charge in [-0.1, -0.05) is 0 Å². The van der Waals surface area contributed by atoms with Crippen molar-refractivity contribution in [3.8, 4) is 11.5 Å². The molecule has 0 unspecified atom stereocenters. The normalized spacial score (nSPS) is 11.6. The van der Waals surface area contributed by atoms with Crippen molar-refractivity contribution < 1.29 is 10.2 Å². The summed E-state index contributed by atoms with van der Waals surface area (Å²) < 4.78 is 0. The first kappa shape index (κ1) is 31.9. The Morgan fingerprint density at radius 2 is 0.857 bits per heavy atom. The van der Waals surface area contributed by atoms with E-state index in [-0.39, 0.29) is 0 Å². The van der Waals surface area contributed by atoms with Gasteiger partial charge in [-0.15, -0.1) is 0 Å². The van der Waals surface area contributed by atoms with Gasteiger partial charge in [-0.3, -0.25) is 9.97 Å². The number of benzene rings is 2. The van der Waals surface area contributed by atoms with Gasteiger partial charge in [0.2, 0.25) is 0 Å². The van der Waals surface area contributed by atoms with Crippen LogP contribution in [0.1, 0.15) is 70.0 Å². The number of nitrogens with zero attached hydrogens (tertiary/aromatic N) is 2. The lowest BCUT2D eigenvalue weighted by atomic mass is 10.0. The van der Waals surface area contributed by atoms with E-state index < -0.39 is 0 Å². The van der Waals surface area contributed by atoms with E-state index in [9.17, 15) is 10.2 Å². The average Bonchev–Trinajstić information content (AvgIpc) is 2.93. The van der Waals surface area contributed by atoms with Gasteiger partial charge in [0, 0.05) is 23.8 Å². The highest BCUT2D eigenvalue weighted by Gasteiger charge is 2.06. The molecular weight excluding hydrogens is 520 g/mol. The van der Waals surface area contributed by atoms with Crippen LogP contribution in [-0.2, 0) is 0 Å². The number of anilines is 2. The van der Waals surface area contributed by atoms with Crippen LogP contribution in [0.25, 0.3) is 11.1 Å². The number of aromatic hydroxyl groups is 2. The average molecular weight is 565 g/mol. The van der Waals surface area contributed by atoms with Crippen LogP contribution >= 0.6 is 0 Å². The fraction of sp³-hybridized carbons (Fsp3) is 0.278. The molecule has 4 aromatic rings. The quantitative estimate of drug-likeness (QED) is 0.187. The Morgan fingerprint density at radius 3 is 1.14 bits per heavy atom. The van der Waals surface area contributed by atoms with Crippen molar-refractivity contribution in [2.75, 3.05) is 10.6 Å². The van der Waals surface area contributed by atoms with Crippen molar-refractivity contribution in [3.63, 3.8) is 0 Å². The Morgan fingerprint density at radius 1 is 0.548 bits per heavy atom. The van der Waals surface area contributed by atoms with Gasteiger partial charge in [0.15, 0.2) is 0 Å². The number of hydrogen-bond donors (Lipinski definition) is 4. The van der Waals surface area contributed by atoms with Crippen LogP contribution in [0.2, 0.25) is 0 Å². The zero-order valence-electron chi connectivity index (χ0n) is 26.6. The predicted molar refractivity (Wildman–Crippen MR) is 177 cm³/mol. The van der Waals surface area contributed by atoms with E-state index in [1.165, 1.54) is 0 Å². The molecule has 0 spiro atoms. The lowest BCUT2D eigenvalue weighted by Gasteiger charge is -2.10. The summed E-state index contributed by atoms with van der Waals surface area (Å²) in [5.74, 6) is 0.746. The predicted octanol–water partition coefficient (Wildman–Crippen LogP) is 8.99. The number of allylic oxidation sites excluding steroid dienone is 2. The van der Waals surface area contributed by atoms with Gasteiger partial charge in [0.25, 0.3) is 0 Å². The fourth-order valence-electron chi connectivity index (χ4n) is 4.58. The largest absolute Gasteiger partial charge is 0.507 e. The maximum absolute atomic E-state index is 9.84. The number of phenols is 2. The molecule has 0 aliphatic heterocycles. The Kier molecular flexibility index (Phi) is 10.5. The molecule has 0 atom stereocenters. The highest BCUT2D eigenvalue weighted by Crippen LogP contribution is 2.28. The molecule has 0 saturated heterocycles. The van der Waals surface area contributed by atoms with Gasteiger partial charge in [0.1, 0.15) is 11.5 Å². The van der Waals surface area contributed by atoms with Crippen molar-refractivity contribution >= 4 is 22.5 Å². The maximum atomic E-state index is 9.84. The third kappa shape index (κ3) is 8.23. The van der Waals surface area contributed by atoms with E-state index in [2.05, 4.69) is 34.4 Å². The number of aryl methyl sites for hydroxylation is 8.